The minimum atomic E-state index is -1.35. The van der Waals surface area contributed by atoms with Gasteiger partial charge in [-0.15, -0.1) is 0 Å². The van der Waals surface area contributed by atoms with Crippen LogP contribution in [0.3, 0.4) is 0 Å². The van der Waals surface area contributed by atoms with Gasteiger partial charge in [-0.25, -0.2) is 4.79 Å². The summed E-state index contributed by atoms with van der Waals surface area (Å²) in [5.74, 6) is 0. The molecular formula is C7H12N2O5. The van der Waals surface area contributed by atoms with E-state index in [1.807, 2.05) is 0 Å². The van der Waals surface area contributed by atoms with Crippen LogP contribution in [0.4, 0.5) is 4.79 Å². The van der Waals surface area contributed by atoms with Gasteiger partial charge in [0.15, 0.2) is 0 Å². The van der Waals surface area contributed by atoms with Gasteiger partial charge in [-0.05, 0) is 12.8 Å². The number of amides is 1. The Hall–Kier alpha value is -1.37. The van der Waals surface area contributed by atoms with Gasteiger partial charge in [-0.3, -0.25) is 10.1 Å². The highest BCUT2D eigenvalue weighted by Gasteiger charge is 2.41. The number of nitrogens with zero attached hydrogens (tertiary/aromatic N) is 1. The van der Waals surface area contributed by atoms with Crippen LogP contribution >= 0.6 is 0 Å². The van der Waals surface area contributed by atoms with E-state index in [-0.39, 0.29) is 18.9 Å². The number of carbonyl (C=O) groups is 1. The van der Waals surface area contributed by atoms with E-state index in [4.69, 9.17) is 5.11 Å². The number of hydrogen-bond acceptors (Lipinski definition) is 4. The third kappa shape index (κ3) is 2.84. The molecule has 0 saturated heterocycles. The van der Waals surface area contributed by atoms with Gasteiger partial charge < -0.3 is 15.5 Å². The van der Waals surface area contributed by atoms with Crippen molar-refractivity contribution < 1.29 is 19.9 Å². The average Bonchev–Trinajstić information content (AvgIpc) is 2.28. The number of hydrogen-bond donors (Lipinski definition) is 3. The molecule has 0 aliphatic heterocycles. The van der Waals surface area contributed by atoms with Crippen molar-refractivity contribution in [3.05, 3.63) is 10.1 Å². The van der Waals surface area contributed by atoms with Gasteiger partial charge in [0, 0.05) is 17.4 Å². The molecule has 0 aromatic heterocycles. The van der Waals surface area contributed by atoms with Crippen LogP contribution in [-0.4, -0.2) is 39.4 Å². The molecule has 0 aromatic rings. The fraction of sp³-hybridized carbons (Fsp3) is 0.857. The number of aliphatic hydroxyl groups is 1. The summed E-state index contributed by atoms with van der Waals surface area (Å²) in [6.45, 7) is -0.523. The van der Waals surface area contributed by atoms with Crippen molar-refractivity contribution in [1.82, 2.24) is 5.32 Å². The van der Waals surface area contributed by atoms with E-state index in [0.717, 1.165) is 0 Å². The predicted molar refractivity (Wildman–Crippen MR) is 45.6 cm³/mol. The van der Waals surface area contributed by atoms with Crippen molar-refractivity contribution in [1.29, 1.82) is 0 Å². The van der Waals surface area contributed by atoms with E-state index in [0.29, 0.717) is 6.42 Å². The van der Waals surface area contributed by atoms with Gasteiger partial charge >= 0.3 is 6.09 Å². The number of carboxylic acid groups (broad SMARTS) is 1. The summed E-state index contributed by atoms with van der Waals surface area (Å²) in [6, 6.07) is -0.377. The maximum atomic E-state index is 10.3. The second-order valence-electron chi connectivity index (χ2n) is 3.60. The van der Waals surface area contributed by atoms with Crippen molar-refractivity contribution >= 4 is 6.09 Å². The Kier molecular flexibility index (Phi) is 2.90. The predicted octanol–water partition coefficient (Wildman–Crippen LogP) is -0.186. The molecule has 80 valence electrons. The fourth-order valence-electron chi connectivity index (χ4n) is 1.79. The summed E-state index contributed by atoms with van der Waals surface area (Å²) in [4.78, 5) is 19.9. The number of nitrogens with one attached hydrogen (secondary N) is 1. The van der Waals surface area contributed by atoms with Gasteiger partial charge in [-0.2, -0.15) is 0 Å². The Morgan fingerprint density at radius 2 is 2.36 bits per heavy atom. The third-order valence-corrected chi connectivity index (χ3v) is 2.34. The molecule has 1 unspecified atom stereocenters. The van der Waals surface area contributed by atoms with Crippen molar-refractivity contribution in [3.8, 4) is 0 Å². The Morgan fingerprint density at radius 1 is 1.71 bits per heavy atom. The van der Waals surface area contributed by atoms with Crippen LogP contribution in [0, 0.1) is 10.1 Å². The highest BCUT2D eigenvalue weighted by Crippen LogP contribution is 2.29. The lowest BCUT2D eigenvalue weighted by molar-refractivity contribution is -0.500. The van der Waals surface area contributed by atoms with E-state index in [9.17, 15) is 20.0 Å². The van der Waals surface area contributed by atoms with Crippen LogP contribution in [0.25, 0.3) is 0 Å². The van der Waals surface area contributed by atoms with Crippen LogP contribution < -0.4 is 5.32 Å². The summed E-state index contributed by atoms with van der Waals surface area (Å²) >= 11 is 0. The highest BCUT2D eigenvalue weighted by molar-refractivity contribution is 5.64. The summed E-state index contributed by atoms with van der Waals surface area (Å²) < 4.78 is 0. The molecule has 2 atom stereocenters. The van der Waals surface area contributed by atoms with E-state index >= 15 is 0 Å². The average molecular weight is 204 g/mol. The molecule has 3 N–H and O–H groups in total. The Morgan fingerprint density at radius 3 is 2.86 bits per heavy atom. The molecule has 0 aromatic carbocycles. The van der Waals surface area contributed by atoms with Gasteiger partial charge in [0.2, 0.25) is 6.54 Å². The largest absolute Gasteiger partial charge is 0.465 e. The van der Waals surface area contributed by atoms with Gasteiger partial charge in [0.1, 0.15) is 5.60 Å². The highest BCUT2D eigenvalue weighted by atomic mass is 16.6. The molecular weight excluding hydrogens is 192 g/mol. The maximum absolute atomic E-state index is 10.3. The first kappa shape index (κ1) is 10.7. The van der Waals surface area contributed by atoms with E-state index in [1.165, 1.54) is 0 Å². The smallest absolute Gasteiger partial charge is 0.404 e. The minimum absolute atomic E-state index is 0.111. The first-order chi connectivity index (χ1) is 6.41. The second-order valence-corrected chi connectivity index (χ2v) is 3.60. The zero-order valence-corrected chi connectivity index (χ0v) is 7.47. The lowest BCUT2D eigenvalue weighted by Gasteiger charge is -2.17. The van der Waals surface area contributed by atoms with Crippen molar-refractivity contribution in [3.63, 3.8) is 0 Å². The van der Waals surface area contributed by atoms with Crippen LogP contribution in [0.1, 0.15) is 19.3 Å². The van der Waals surface area contributed by atoms with Gasteiger partial charge in [0.25, 0.3) is 0 Å². The van der Waals surface area contributed by atoms with Crippen LogP contribution in [0.15, 0.2) is 0 Å². The van der Waals surface area contributed by atoms with E-state index in [1.54, 1.807) is 0 Å². The normalized spacial score (nSPS) is 31.4. The first-order valence-corrected chi connectivity index (χ1v) is 4.25. The minimum Gasteiger partial charge on any atom is -0.465 e. The molecule has 0 spiro atoms. The topological polar surface area (TPSA) is 113 Å². The standard InChI is InChI=1S/C7H12N2O5/c10-6(11)8-5-1-2-7(12,3-5)4-9(13)14/h5,8,12H,1-4H2,(H,10,11)/t5-,7?/m1/s1. The summed E-state index contributed by atoms with van der Waals surface area (Å²) in [5.41, 5.74) is -1.35. The molecule has 1 amide bonds. The lowest BCUT2D eigenvalue weighted by Crippen LogP contribution is -2.38. The summed E-state index contributed by atoms with van der Waals surface area (Å²) in [6.07, 6.45) is -0.351. The molecule has 1 aliphatic carbocycles. The molecule has 7 heteroatoms. The third-order valence-electron chi connectivity index (χ3n) is 2.34. The Balaban J connectivity index is 2.46. The molecule has 14 heavy (non-hydrogen) atoms. The SMILES string of the molecule is O=C(O)N[C@@H]1CCC(O)(C[N+](=O)[O-])C1. The molecule has 1 saturated carbocycles. The van der Waals surface area contributed by atoms with E-state index in [2.05, 4.69) is 5.32 Å². The molecule has 1 fully saturated rings. The molecule has 7 nitrogen and oxygen atoms in total. The molecule has 0 bridgehead atoms. The molecule has 1 rings (SSSR count). The first-order valence-electron chi connectivity index (χ1n) is 4.25. The summed E-state index contributed by atoms with van der Waals surface area (Å²) in [7, 11) is 0. The van der Waals surface area contributed by atoms with Gasteiger partial charge in [0.05, 0.1) is 0 Å². The summed E-state index contributed by atoms with van der Waals surface area (Å²) in [5, 5.41) is 30.5. The zero-order valence-electron chi connectivity index (χ0n) is 7.47. The van der Waals surface area contributed by atoms with Gasteiger partial charge in [-0.1, -0.05) is 0 Å². The molecule has 0 heterocycles. The lowest BCUT2D eigenvalue weighted by atomic mass is 10.0. The number of rotatable bonds is 3. The van der Waals surface area contributed by atoms with E-state index < -0.39 is 23.2 Å². The molecule has 1 aliphatic rings. The number of nitro groups is 1. The maximum Gasteiger partial charge on any atom is 0.404 e. The second kappa shape index (κ2) is 3.79. The Bertz CT molecular complexity index is 256. The van der Waals surface area contributed by atoms with Crippen molar-refractivity contribution in [2.45, 2.75) is 30.9 Å². The van der Waals surface area contributed by atoms with Crippen molar-refractivity contribution in [2.24, 2.45) is 0 Å². The molecule has 0 radical (unpaired) electrons. The van der Waals surface area contributed by atoms with Crippen molar-refractivity contribution in [2.75, 3.05) is 6.54 Å². The quantitative estimate of drug-likeness (QED) is 0.435. The Labute approximate surface area is 79.9 Å². The fourth-order valence-corrected chi connectivity index (χ4v) is 1.79. The van der Waals surface area contributed by atoms with Crippen LogP contribution in [-0.2, 0) is 0 Å². The van der Waals surface area contributed by atoms with Crippen LogP contribution in [0.2, 0.25) is 0 Å². The monoisotopic (exact) mass is 204 g/mol. The zero-order chi connectivity index (χ0) is 10.8. The van der Waals surface area contributed by atoms with Crippen LogP contribution in [0.5, 0.6) is 0 Å².